The van der Waals surface area contributed by atoms with Gasteiger partial charge in [0.1, 0.15) is 5.84 Å². The van der Waals surface area contributed by atoms with Crippen molar-refractivity contribution in [2.75, 3.05) is 5.88 Å². The molecule has 1 aromatic carbocycles. The van der Waals surface area contributed by atoms with Crippen LogP contribution in [0.15, 0.2) is 27.7 Å². The van der Waals surface area contributed by atoms with E-state index < -0.39 is 0 Å². The Morgan fingerprint density at radius 3 is 2.86 bits per heavy atom. The molecule has 14 heavy (non-hydrogen) atoms. The van der Waals surface area contributed by atoms with Crippen molar-refractivity contribution in [3.63, 3.8) is 0 Å². The fourth-order valence-electron chi connectivity index (χ4n) is 1.13. The van der Waals surface area contributed by atoms with E-state index >= 15 is 0 Å². The lowest BCUT2D eigenvalue weighted by Crippen LogP contribution is -2.12. The molecule has 0 fully saturated rings. The van der Waals surface area contributed by atoms with Crippen LogP contribution in [0.2, 0.25) is 0 Å². The Kier molecular flexibility index (Phi) is 4.42. The molecule has 0 bridgehead atoms. The van der Waals surface area contributed by atoms with Crippen molar-refractivity contribution >= 4 is 39.1 Å². The van der Waals surface area contributed by atoms with Gasteiger partial charge in [-0.2, -0.15) is 0 Å². The molecular weight excluding hydrogens is 263 g/mol. The van der Waals surface area contributed by atoms with Crippen LogP contribution in [0, 0.1) is 0 Å². The van der Waals surface area contributed by atoms with E-state index in [9.17, 15) is 0 Å². The number of rotatable bonds is 3. The van der Waals surface area contributed by atoms with Crippen LogP contribution < -0.4 is 5.73 Å². The number of alkyl halides is 1. The summed E-state index contributed by atoms with van der Waals surface area (Å²) in [5.41, 5.74) is 7.63. The van der Waals surface area contributed by atoms with E-state index in [0.29, 0.717) is 5.84 Å². The maximum Gasteiger partial charge on any atom is 0.115 e. The van der Waals surface area contributed by atoms with Gasteiger partial charge in [0, 0.05) is 4.47 Å². The summed E-state index contributed by atoms with van der Waals surface area (Å²) in [6.07, 6.45) is 0.924. The molecule has 0 radical (unpaired) electrons. The van der Waals surface area contributed by atoms with Crippen LogP contribution in [0.5, 0.6) is 0 Å². The standard InChI is InChI=1S/C10H12BrClN2/c1-2-7-5-8(11)3-4-9(7)14-10(13)6-12/h3-5H,2,6H2,1H3,(H2,13,14). The number of aliphatic imine (C=N–C) groups is 1. The van der Waals surface area contributed by atoms with Gasteiger partial charge in [0.15, 0.2) is 0 Å². The predicted octanol–water partition coefficient (Wildman–Crippen LogP) is 3.24. The van der Waals surface area contributed by atoms with Gasteiger partial charge in [0.05, 0.1) is 11.6 Å². The molecule has 0 spiro atoms. The minimum atomic E-state index is 0.263. The molecule has 0 unspecified atom stereocenters. The molecule has 0 aromatic heterocycles. The number of nitrogens with zero attached hydrogens (tertiary/aromatic N) is 1. The maximum atomic E-state index is 5.57. The third-order valence-corrected chi connectivity index (χ3v) is 2.59. The summed E-state index contributed by atoms with van der Waals surface area (Å²) in [6.45, 7) is 2.08. The molecule has 0 saturated carbocycles. The van der Waals surface area contributed by atoms with Gasteiger partial charge in [-0.15, -0.1) is 11.6 Å². The largest absolute Gasteiger partial charge is 0.386 e. The Labute approximate surface area is 97.3 Å². The van der Waals surface area contributed by atoms with Crippen molar-refractivity contribution in [2.45, 2.75) is 13.3 Å². The van der Waals surface area contributed by atoms with Gasteiger partial charge in [0.2, 0.25) is 0 Å². The minimum Gasteiger partial charge on any atom is -0.386 e. The van der Waals surface area contributed by atoms with E-state index in [4.69, 9.17) is 17.3 Å². The third-order valence-electron chi connectivity index (χ3n) is 1.82. The van der Waals surface area contributed by atoms with Crippen LogP contribution >= 0.6 is 27.5 Å². The van der Waals surface area contributed by atoms with Gasteiger partial charge in [-0.25, -0.2) is 4.99 Å². The summed E-state index contributed by atoms with van der Waals surface area (Å²) in [4.78, 5) is 4.23. The second kappa shape index (κ2) is 5.37. The van der Waals surface area contributed by atoms with E-state index in [2.05, 4.69) is 27.8 Å². The monoisotopic (exact) mass is 274 g/mol. The highest BCUT2D eigenvalue weighted by Crippen LogP contribution is 2.24. The fraction of sp³-hybridized carbons (Fsp3) is 0.300. The first-order chi connectivity index (χ1) is 6.67. The average Bonchev–Trinajstić information content (AvgIpc) is 2.20. The number of hydrogen-bond acceptors (Lipinski definition) is 1. The first kappa shape index (κ1) is 11.5. The van der Waals surface area contributed by atoms with E-state index in [1.807, 2.05) is 18.2 Å². The lowest BCUT2D eigenvalue weighted by molar-refractivity contribution is 1.13. The number of halogens is 2. The zero-order valence-electron chi connectivity index (χ0n) is 7.93. The van der Waals surface area contributed by atoms with Crippen molar-refractivity contribution in [2.24, 2.45) is 10.7 Å². The van der Waals surface area contributed by atoms with Gasteiger partial charge >= 0.3 is 0 Å². The van der Waals surface area contributed by atoms with Crippen molar-refractivity contribution in [1.29, 1.82) is 0 Å². The summed E-state index contributed by atoms with van der Waals surface area (Å²) in [5.74, 6) is 0.711. The van der Waals surface area contributed by atoms with Crippen molar-refractivity contribution in [3.05, 3.63) is 28.2 Å². The Bertz CT molecular complexity index is 350. The van der Waals surface area contributed by atoms with E-state index in [1.54, 1.807) is 0 Å². The van der Waals surface area contributed by atoms with E-state index in [0.717, 1.165) is 22.1 Å². The first-order valence-electron chi connectivity index (χ1n) is 4.34. The van der Waals surface area contributed by atoms with Crippen LogP contribution in [-0.4, -0.2) is 11.7 Å². The third kappa shape index (κ3) is 3.00. The number of amidine groups is 1. The number of nitrogens with two attached hydrogens (primary N) is 1. The Morgan fingerprint density at radius 1 is 1.57 bits per heavy atom. The van der Waals surface area contributed by atoms with Gasteiger partial charge < -0.3 is 5.73 Å². The molecule has 1 rings (SSSR count). The highest BCUT2D eigenvalue weighted by Gasteiger charge is 2.00. The zero-order valence-corrected chi connectivity index (χ0v) is 10.3. The van der Waals surface area contributed by atoms with Crippen LogP contribution in [0.25, 0.3) is 0 Å². The predicted molar refractivity (Wildman–Crippen MR) is 65.5 cm³/mol. The quantitative estimate of drug-likeness (QED) is 0.513. The molecule has 0 heterocycles. The highest BCUT2D eigenvalue weighted by atomic mass is 79.9. The Morgan fingerprint density at radius 2 is 2.29 bits per heavy atom. The Hall–Kier alpha value is -0.540. The summed E-state index contributed by atoms with van der Waals surface area (Å²) in [7, 11) is 0. The normalized spacial score (nSPS) is 11.8. The molecule has 1 aromatic rings. The van der Waals surface area contributed by atoms with Gasteiger partial charge in [-0.1, -0.05) is 22.9 Å². The fourth-order valence-corrected chi connectivity index (χ4v) is 1.60. The molecule has 76 valence electrons. The molecule has 0 aliphatic rings. The molecule has 0 atom stereocenters. The molecule has 2 nitrogen and oxygen atoms in total. The second-order valence-corrected chi connectivity index (χ2v) is 4.05. The molecule has 0 saturated heterocycles. The summed E-state index contributed by atoms with van der Waals surface area (Å²) in [6, 6.07) is 5.92. The van der Waals surface area contributed by atoms with E-state index in [-0.39, 0.29) is 5.88 Å². The van der Waals surface area contributed by atoms with Crippen LogP contribution in [0.1, 0.15) is 12.5 Å². The number of benzene rings is 1. The van der Waals surface area contributed by atoms with Gasteiger partial charge in [-0.3, -0.25) is 0 Å². The average molecular weight is 276 g/mol. The van der Waals surface area contributed by atoms with Crippen molar-refractivity contribution in [3.8, 4) is 0 Å². The lowest BCUT2D eigenvalue weighted by atomic mass is 10.1. The van der Waals surface area contributed by atoms with Crippen LogP contribution in [0.3, 0.4) is 0 Å². The molecule has 4 heteroatoms. The summed E-state index contributed by atoms with van der Waals surface area (Å²) < 4.78 is 1.05. The highest BCUT2D eigenvalue weighted by molar-refractivity contribution is 9.10. The van der Waals surface area contributed by atoms with Crippen LogP contribution in [-0.2, 0) is 6.42 Å². The number of hydrogen-bond donors (Lipinski definition) is 1. The molecule has 0 aliphatic heterocycles. The minimum absolute atomic E-state index is 0.263. The van der Waals surface area contributed by atoms with Crippen LogP contribution in [0.4, 0.5) is 5.69 Å². The first-order valence-corrected chi connectivity index (χ1v) is 5.67. The SMILES string of the molecule is CCc1cc(Br)ccc1N=C(N)CCl. The molecule has 2 N–H and O–H groups in total. The number of aryl methyl sites for hydroxylation is 1. The second-order valence-electron chi connectivity index (χ2n) is 2.86. The summed E-state index contributed by atoms with van der Waals surface area (Å²) >= 11 is 8.98. The lowest BCUT2D eigenvalue weighted by Gasteiger charge is -2.04. The molecule has 0 aliphatic carbocycles. The van der Waals surface area contributed by atoms with Gasteiger partial charge in [0.25, 0.3) is 0 Å². The molecule has 0 amide bonds. The zero-order chi connectivity index (χ0) is 10.6. The Balaban J connectivity index is 3.08. The van der Waals surface area contributed by atoms with Crippen molar-refractivity contribution < 1.29 is 0 Å². The maximum absolute atomic E-state index is 5.57. The van der Waals surface area contributed by atoms with Crippen molar-refractivity contribution in [1.82, 2.24) is 0 Å². The topological polar surface area (TPSA) is 38.4 Å². The summed E-state index contributed by atoms with van der Waals surface area (Å²) in [5, 5.41) is 0. The molecular formula is C10H12BrClN2. The van der Waals surface area contributed by atoms with E-state index in [1.165, 1.54) is 0 Å². The van der Waals surface area contributed by atoms with Gasteiger partial charge in [-0.05, 0) is 30.2 Å². The smallest absolute Gasteiger partial charge is 0.115 e.